The maximum atomic E-state index is 10.8. The van der Waals surface area contributed by atoms with Gasteiger partial charge >= 0.3 is 0 Å². The Morgan fingerprint density at radius 1 is 1.71 bits per heavy atom. The molecule has 4 heteroatoms. The molecule has 0 aliphatic rings. The lowest BCUT2D eigenvalue weighted by molar-refractivity contribution is 0.0115. The number of hydrogen-bond donors (Lipinski definition) is 0. The van der Waals surface area contributed by atoms with Crippen LogP contribution in [0, 0.1) is 0 Å². The second kappa shape index (κ2) is 3.10. The minimum absolute atomic E-state index is 0.259. The van der Waals surface area contributed by atoms with E-state index < -0.39 is 11.1 Å². The Hall–Kier alpha value is 0.0400. The van der Waals surface area contributed by atoms with Crippen LogP contribution in [0.3, 0.4) is 0 Å². The highest BCUT2D eigenvalue weighted by molar-refractivity contribution is 7.80. The molecule has 0 aromatic carbocycles. The largest absolute Gasteiger partial charge is 0.226 e. The first-order valence-electron chi connectivity index (χ1n) is 1.88. The normalized spacial score (nSPS) is 14.9. The highest BCUT2D eigenvalue weighted by atomic mass is 32.2. The standard InChI is InChI=1S/C3H7FO2S/c1-3(2)7(5)6-4/h3H,1-2H3. The third-order valence-electron chi connectivity index (χ3n) is 0.447. The summed E-state index contributed by atoms with van der Waals surface area (Å²) in [6.45, 7) is 3.21. The van der Waals surface area contributed by atoms with E-state index in [-0.39, 0.29) is 5.25 Å². The van der Waals surface area contributed by atoms with Crippen molar-refractivity contribution in [1.82, 2.24) is 0 Å². The molecule has 0 saturated heterocycles. The Morgan fingerprint density at radius 3 is 2.14 bits per heavy atom. The molecule has 0 aliphatic carbocycles. The summed E-state index contributed by atoms with van der Waals surface area (Å²) in [6.07, 6.45) is 0. The third kappa shape index (κ3) is 2.70. The summed E-state index contributed by atoms with van der Waals surface area (Å²) in [7, 11) is 0. The quantitative estimate of drug-likeness (QED) is 0.550. The van der Waals surface area contributed by atoms with Crippen LogP contribution in [0.15, 0.2) is 0 Å². The molecule has 0 rings (SSSR count). The zero-order valence-electron chi connectivity index (χ0n) is 4.18. The van der Waals surface area contributed by atoms with Gasteiger partial charge < -0.3 is 0 Å². The summed E-state index contributed by atoms with van der Waals surface area (Å²) < 4.78 is 23.8. The highest BCUT2D eigenvalue weighted by Crippen LogP contribution is 1.94. The minimum atomic E-state index is -1.75. The van der Waals surface area contributed by atoms with Gasteiger partial charge in [-0.3, -0.25) is 0 Å². The van der Waals surface area contributed by atoms with Gasteiger partial charge in [-0.25, -0.2) is 4.21 Å². The molecule has 0 saturated carbocycles. The van der Waals surface area contributed by atoms with Crippen molar-refractivity contribution in [3.05, 3.63) is 0 Å². The first-order valence-corrected chi connectivity index (χ1v) is 3.02. The monoisotopic (exact) mass is 126 g/mol. The molecular weight excluding hydrogens is 119 g/mol. The van der Waals surface area contributed by atoms with Gasteiger partial charge in [0, 0.05) is 0 Å². The Morgan fingerprint density at radius 2 is 2.14 bits per heavy atom. The van der Waals surface area contributed by atoms with Crippen LogP contribution in [0.4, 0.5) is 4.53 Å². The van der Waals surface area contributed by atoms with Crippen LogP contribution in [0.1, 0.15) is 13.8 Å². The summed E-state index contributed by atoms with van der Waals surface area (Å²) in [4.78, 5) is 0. The van der Waals surface area contributed by atoms with E-state index in [1.807, 2.05) is 0 Å². The molecule has 0 aromatic rings. The fraction of sp³-hybridized carbons (Fsp3) is 1.00. The van der Waals surface area contributed by atoms with Crippen LogP contribution in [-0.2, 0) is 15.5 Å². The molecule has 0 spiro atoms. The average Bonchev–Trinajstić information content (AvgIpc) is 1.65. The van der Waals surface area contributed by atoms with E-state index in [1.54, 1.807) is 13.8 Å². The fourth-order valence-electron chi connectivity index (χ4n) is 0.0727. The van der Waals surface area contributed by atoms with E-state index in [0.717, 1.165) is 0 Å². The van der Waals surface area contributed by atoms with Gasteiger partial charge in [-0.15, -0.1) is 0 Å². The Bertz CT molecular complexity index is 73.3. The molecule has 0 bridgehead atoms. The van der Waals surface area contributed by atoms with E-state index >= 15 is 0 Å². The summed E-state index contributed by atoms with van der Waals surface area (Å²) in [6, 6.07) is 0. The van der Waals surface area contributed by atoms with Crippen LogP contribution in [0.5, 0.6) is 0 Å². The summed E-state index contributed by atoms with van der Waals surface area (Å²) in [5.74, 6) is 0. The predicted octanol–water partition coefficient (Wildman–Crippen LogP) is 0.960. The molecule has 1 atom stereocenters. The maximum Gasteiger partial charge on any atom is 0.195 e. The van der Waals surface area contributed by atoms with E-state index in [1.165, 1.54) is 0 Å². The molecule has 0 amide bonds. The fourth-order valence-corrected chi connectivity index (χ4v) is 0.218. The number of hydrogen-bond acceptors (Lipinski definition) is 2. The van der Waals surface area contributed by atoms with Crippen molar-refractivity contribution < 1.29 is 13.1 Å². The van der Waals surface area contributed by atoms with E-state index in [0.29, 0.717) is 0 Å². The molecule has 44 valence electrons. The van der Waals surface area contributed by atoms with Gasteiger partial charge in [0.1, 0.15) is 0 Å². The van der Waals surface area contributed by atoms with Crippen molar-refractivity contribution in [1.29, 1.82) is 0 Å². The molecule has 0 fully saturated rings. The topological polar surface area (TPSA) is 26.3 Å². The van der Waals surface area contributed by atoms with Crippen molar-refractivity contribution in [2.75, 3.05) is 0 Å². The second-order valence-corrected chi connectivity index (χ2v) is 2.96. The van der Waals surface area contributed by atoms with E-state index in [4.69, 9.17) is 0 Å². The Labute approximate surface area is 44.2 Å². The number of halogens is 1. The van der Waals surface area contributed by atoms with Crippen molar-refractivity contribution in [2.24, 2.45) is 0 Å². The number of rotatable bonds is 2. The molecular formula is C3H7FO2S. The molecule has 0 heterocycles. The Kier molecular flexibility index (Phi) is 3.11. The molecule has 1 unspecified atom stereocenters. The van der Waals surface area contributed by atoms with Crippen molar-refractivity contribution in [3.63, 3.8) is 0 Å². The van der Waals surface area contributed by atoms with Crippen LogP contribution in [0.2, 0.25) is 0 Å². The SMILES string of the molecule is CC(C)S(=O)OF. The van der Waals surface area contributed by atoms with E-state index in [9.17, 15) is 8.74 Å². The lowest BCUT2D eigenvalue weighted by atomic mass is 10.6. The third-order valence-corrected chi connectivity index (χ3v) is 1.34. The lowest BCUT2D eigenvalue weighted by Gasteiger charge is -1.93. The summed E-state index contributed by atoms with van der Waals surface area (Å²) in [5, 5.41) is -0.259. The van der Waals surface area contributed by atoms with Gasteiger partial charge in [0.25, 0.3) is 0 Å². The zero-order chi connectivity index (χ0) is 5.86. The van der Waals surface area contributed by atoms with Crippen LogP contribution in [-0.4, -0.2) is 9.46 Å². The first-order chi connectivity index (χ1) is 3.18. The minimum Gasteiger partial charge on any atom is -0.226 e. The predicted molar refractivity (Wildman–Crippen MR) is 25.5 cm³/mol. The maximum absolute atomic E-state index is 10.8. The van der Waals surface area contributed by atoms with Crippen molar-refractivity contribution >= 4 is 11.1 Å². The van der Waals surface area contributed by atoms with Gasteiger partial charge in [0.2, 0.25) is 0 Å². The molecule has 0 N–H and O–H groups in total. The van der Waals surface area contributed by atoms with Gasteiger partial charge in [-0.05, 0) is 18.4 Å². The first kappa shape index (κ1) is 7.04. The van der Waals surface area contributed by atoms with Crippen molar-refractivity contribution in [3.8, 4) is 0 Å². The molecule has 0 aliphatic heterocycles. The van der Waals surface area contributed by atoms with Gasteiger partial charge in [0.05, 0.1) is 5.25 Å². The summed E-state index contributed by atoms with van der Waals surface area (Å²) in [5.41, 5.74) is 0. The molecule has 7 heavy (non-hydrogen) atoms. The van der Waals surface area contributed by atoms with Crippen molar-refractivity contribution in [2.45, 2.75) is 19.1 Å². The zero-order valence-corrected chi connectivity index (χ0v) is 5.00. The lowest BCUT2D eigenvalue weighted by Crippen LogP contribution is -2.03. The van der Waals surface area contributed by atoms with Crippen LogP contribution < -0.4 is 0 Å². The highest BCUT2D eigenvalue weighted by Gasteiger charge is 2.03. The molecule has 0 radical (unpaired) electrons. The van der Waals surface area contributed by atoms with Crippen LogP contribution >= 0.6 is 0 Å². The smallest absolute Gasteiger partial charge is 0.195 e. The molecule has 0 aromatic heterocycles. The van der Waals surface area contributed by atoms with Gasteiger partial charge in [0.15, 0.2) is 11.1 Å². The van der Waals surface area contributed by atoms with E-state index in [2.05, 4.69) is 4.39 Å². The summed E-state index contributed by atoms with van der Waals surface area (Å²) >= 11 is -1.75. The van der Waals surface area contributed by atoms with Gasteiger partial charge in [-0.2, -0.15) is 0 Å². The molecule has 2 nitrogen and oxygen atoms in total. The Balaban J connectivity index is 3.35. The van der Waals surface area contributed by atoms with Gasteiger partial charge in [-0.1, -0.05) is 4.39 Å². The average molecular weight is 126 g/mol. The second-order valence-electron chi connectivity index (χ2n) is 1.37. The van der Waals surface area contributed by atoms with Crippen LogP contribution in [0.25, 0.3) is 0 Å².